The second-order valence-electron chi connectivity index (χ2n) is 4.93. The van der Waals surface area contributed by atoms with E-state index in [0.29, 0.717) is 11.3 Å². The van der Waals surface area contributed by atoms with E-state index in [1.165, 1.54) is 11.3 Å². The normalized spacial score (nSPS) is 10.5. The Kier molecular flexibility index (Phi) is 4.72. The van der Waals surface area contributed by atoms with Crippen LogP contribution < -0.4 is 10.5 Å². The molecule has 0 saturated heterocycles. The minimum Gasteiger partial charge on any atom is -0.484 e. The number of hydrogen-bond donors (Lipinski definition) is 1. The van der Waals surface area contributed by atoms with E-state index in [2.05, 4.69) is 4.98 Å². The predicted molar refractivity (Wildman–Crippen MR) is 89.9 cm³/mol. The van der Waals surface area contributed by atoms with Crippen LogP contribution in [0.15, 0.2) is 48.5 Å². The van der Waals surface area contributed by atoms with E-state index in [9.17, 15) is 9.59 Å². The molecule has 0 saturated carbocycles. The Morgan fingerprint density at radius 1 is 1.08 bits per heavy atom. The molecular weight excluding hydrogens is 328 g/mol. The van der Waals surface area contributed by atoms with Crippen LogP contribution in [0.3, 0.4) is 0 Å². The quantitative estimate of drug-likeness (QED) is 0.695. The van der Waals surface area contributed by atoms with Crippen LogP contribution in [0.25, 0.3) is 10.2 Å². The van der Waals surface area contributed by atoms with Crippen molar-refractivity contribution >= 4 is 33.4 Å². The van der Waals surface area contributed by atoms with Crippen LogP contribution in [-0.4, -0.2) is 23.5 Å². The fourth-order valence-electron chi connectivity index (χ4n) is 2.03. The molecule has 0 spiro atoms. The van der Waals surface area contributed by atoms with Gasteiger partial charge in [-0.15, -0.1) is 11.3 Å². The molecule has 0 fully saturated rings. The van der Waals surface area contributed by atoms with Gasteiger partial charge in [0.25, 0.3) is 5.91 Å². The van der Waals surface area contributed by atoms with Gasteiger partial charge in [0.15, 0.2) is 6.61 Å². The summed E-state index contributed by atoms with van der Waals surface area (Å²) in [5.41, 5.74) is 6.28. The molecule has 0 aliphatic rings. The predicted octanol–water partition coefficient (Wildman–Crippen LogP) is 2.52. The minimum atomic E-state index is -0.561. The lowest BCUT2D eigenvalue weighted by atomic mass is 10.2. The lowest BCUT2D eigenvalue weighted by Gasteiger charge is -2.05. The SMILES string of the molecule is NC(=O)COc1ccc(C(=O)OCc2nc3ccccc3s2)cc1. The van der Waals surface area contributed by atoms with Gasteiger partial charge in [-0.3, -0.25) is 4.79 Å². The first-order valence-electron chi connectivity index (χ1n) is 7.14. The number of para-hydroxylation sites is 1. The average molecular weight is 342 g/mol. The summed E-state index contributed by atoms with van der Waals surface area (Å²) in [4.78, 5) is 27.1. The summed E-state index contributed by atoms with van der Waals surface area (Å²) in [5.74, 6) is -0.554. The number of nitrogens with zero attached hydrogens (tertiary/aromatic N) is 1. The molecule has 0 aliphatic carbocycles. The molecule has 6 nitrogen and oxygen atoms in total. The summed E-state index contributed by atoms with van der Waals surface area (Å²) in [5, 5.41) is 0.742. The number of fused-ring (bicyclic) bond motifs is 1. The lowest BCUT2D eigenvalue weighted by molar-refractivity contribution is -0.119. The van der Waals surface area contributed by atoms with Crippen LogP contribution >= 0.6 is 11.3 Å². The summed E-state index contributed by atoms with van der Waals surface area (Å²) < 4.78 is 11.5. The number of ether oxygens (including phenoxy) is 2. The van der Waals surface area contributed by atoms with Crippen molar-refractivity contribution < 1.29 is 19.1 Å². The first kappa shape index (κ1) is 15.9. The van der Waals surface area contributed by atoms with Gasteiger partial charge in [0, 0.05) is 0 Å². The Bertz CT molecular complexity index is 841. The highest BCUT2D eigenvalue weighted by molar-refractivity contribution is 7.18. The van der Waals surface area contributed by atoms with Crippen LogP contribution in [0, 0.1) is 0 Å². The van der Waals surface area contributed by atoms with E-state index >= 15 is 0 Å². The zero-order chi connectivity index (χ0) is 16.9. The molecule has 0 radical (unpaired) electrons. The zero-order valence-corrected chi connectivity index (χ0v) is 13.4. The maximum Gasteiger partial charge on any atom is 0.338 e. The van der Waals surface area contributed by atoms with Crippen LogP contribution in [0.1, 0.15) is 15.4 Å². The molecule has 24 heavy (non-hydrogen) atoms. The Morgan fingerprint density at radius 2 is 1.83 bits per heavy atom. The van der Waals surface area contributed by atoms with E-state index in [4.69, 9.17) is 15.2 Å². The topological polar surface area (TPSA) is 91.5 Å². The molecule has 0 unspecified atom stereocenters. The van der Waals surface area contributed by atoms with Crippen LogP contribution in [0.2, 0.25) is 0 Å². The highest BCUT2D eigenvalue weighted by Gasteiger charge is 2.10. The number of nitrogens with two attached hydrogens (primary N) is 1. The number of carbonyl (C=O) groups excluding carboxylic acids is 2. The number of primary amides is 1. The van der Waals surface area contributed by atoms with E-state index in [0.717, 1.165) is 15.2 Å². The summed E-state index contributed by atoms with van der Waals surface area (Å²) in [6.45, 7) is -0.0838. The monoisotopic (exact) mass is 342 g/mol. The van der Waals surface area contributed by atoms with Gasteiger partial charge in [0.2, 0.25) is 0 Å². The van der Waals surface area contributed by atoms with Crippen molar-refractivity contribution in [3.63, 3.8) is 0 Å². The number of benzene rings is 2. The Hall–Kier alpha value is -2.93. The number of hydrogen-bond acceptors (Lipinski definition) is 6. The summed E-state index contributed by atoms with van der Waals surface area (Å²) in [6, 6.07) is 14.0. The Morgan fingerprint density at radius 3 is 2.54 bits per heavy atom. The lowest BCUT2D eigenvalue weighted by Crippen LogP contribution is -2.20. The summed E-state index contributed by atoms with van der Waals surface area (Å²) in [6.07, 6.45) is 0. The molecule has 1 amide bonds. The number of thiazole rings is 1. The molecule has 1 aromatic heterocycles. The van der Waals surface area contributed by atoms with Gasteiger partial charge in [-0.2, -0.15) is 0 Å². The minimum absolute atomic E-state index is 0.123. The first-order chi connectivity index (χ1) is 11.6. The summed E-state index contributed by atoms with van der Waals surface area (Å²) >= 11 is 1.49. The Labute approximate surface area is 141 Å². The fourth-order valence-corrected chi connectivity index (χ4v) is 2.91. The third-order valence-corrected chi connectivity index (χ3v) is 4.15. The van der Waals surface area contributed by atoms with E-state index in [1.54, 1.807) is 24.3 Å². The molecule has 0 bridgehead atoms. The summed E-state index contributed by atoms with van der Waals surface area (Å²) in [7, 11) is 0. The highest BCUT2D eigenvalue weighted by atomic mass is 32.1. The highest BCUT2D eigenvalue weighted by Crippen LogP contribution is 2.22. The molecule has 0 atom stereocenters. The van der Waals surface area contributed by atoms with Crippen molar-refractivity contribution in [3.8, 4) is 5.75 Å². The molecule has 3 aromatic rings. The molecule has 2 N–H and O–H groups in total. The fraction of sp³-hybridized carbons (Fsp3) is 0.118. The third kappa shape index (κ3) is 3.88. The first-order valence-corrected chi connectivity index (χ1v) is 7.96. The number of esters is 1. The number of amides is 1. The van der Waals surface area contributed by atoms with Gasteiger partial charge < -0.3 is 15.2 Å². The van der Waals surface area contributed by atoms with E-state index < -0.39 is 11.9 Å². The molecule has 2 aromatic carbocycles. The van der Waals surface area contributed by atoms with Gasteiger partial charge in [-0.1, -0.05) is 12.1 Å². The van der Waals surface area contributed by atoms with Crippen molar-refractivity contribution in [2.24, 2.45) is 5.73 Å². The van der Waals surface area contributed by atoms with Crippen molar-refractivity contribution in [2.45, 2.75) is 6.61 Å². The Balaban J connectivity index is 1.59. The second kappa shape index (κ2) is 7.10. The zero-order valence-electron chi connectivity index (χ0n) is 12.6. The van der Waals surface area contributed by atoms with E-state index in [1.807, 2.05) is 24.3 Å². The van der Waals surface area contributed by atoms with Gasteiger partial charge in [-0.25, -0.2) is 9.78 Å². The number of carbonyl (C=O) groups is 2. The van der Waals surface area contributed by atoms with Crippen molar-refractivity contribution in [2.75, 3.05) is 6.61 Å². The van der Waals surface area contributed by atoms with Crippen molar-refractivity contribution in [3.05, 3.63) is 59.1 Å². The molecule has 3 rings (SSSR count). The molecule has 1 heterocycles. The van der Waals surface area contributed by atoms with Gasteiger partial charge in [-0.05, 0) is 36.4 Å². The van der Waals surface area contributed by atoms with E-state index in [-0.39, 0.29) is 13.2 Å². The number of aromatic nitrogens is 1. The van der Waals surface area contributed by atoms with Crippen LogP contribution in [-0.2, 0) is 16.1 Å². The molecule has 7 heteroatoms. The van der Waals surface area contributed by atoms with Crippen LogP contribution in [0.5, 0.6) is 5.75 Å². The average Bonchev–Trinajstić information content (AvgIpc) is 3.01. The van der Waals surface area contributed by atoms with Gasteiger partial charge >= 0.3 is 5.97 Å². The standard InChI is InChI=1S/C17H14N2O4S/c18-15(20)9-22-12-7-5-11(6-8-12)17(21)23-10-16-19-13-3-1-2-4-14(13)24-16/h1-8H,9-10H2,(H2,18,20). The third-order valence-electron chi connectivity index (χ3n) is 3.14. The maximum absolute atomic E-state index is 12.1. The van der Waals surface area contributed by atoms with Crippen molar-refractivity contribution in [1.82, 2.24) is 4.98 Å². The smallest absolute Gasteiger partial charge is 0.338 e. The molecule has 0 aliphatic heterocycles. The molecule has 122 valence electrons. The maximum atomic E-state index is 12.1. The largest absolute Gasteiger partial charge is 0.484 e. The van der Waals surface area contributed by atoms with Crippen LogP contribution in [0.4, 0.5) is 0 Å². The second-order valence-corrected chi connectivity index (χ2v) is 6.05. The van der Waals surface area contributed by atoms with Gasteiger partial charge in [0.05, 0.1) is 15.8 Å². The number of rotatable bonds is 6. The van der Waals surface area contributed by atoms with Gasteiger partial charge in [0.1, 0.15) is 17.4 Å². The molecular formula is C17H14N2O4S. The van der Waals surface area contributed by atoms with Crippen molar-refractivity contribution in [1.29, 1.82) is 0 Å².